The third-order valence-electron chi connectivity index (χ3n) is 4.01. The molecule has 0 saturated carbocycles. The molecule has 2 heterocycles. The first kappa shape index (κ1) is 17.4. The first-order chi connectivity index (χ1) is 13.7. The highest BCUT2D eigenvalue weighted by Crippen LogP contribution is 2.25. The van der Waals surface area contributed by atoms with Gasteiger partial charge in [0, 0.05) is 36.0 Å². The molecule has 2 N–H and O–H groups in total. The molecule has 138 valence electrons. The van der Waals surface area contributed by atoms with Crippen molar-refractivity contribution in [3.05, 3.63) is 90.8 Å². The lowest BCUT2D eigenvalue weighted by atomic mass is 10.0. The molecule has 0 saturated heterocycles. The van der Waals surface area contributed by atoms with E-state index in [1.54, 1.807) is 67.3 Å². The van der Waals surface area contributed by atoms with Gasteiger partial charge in [-0.2, -0.15) is 0 Å². The van der Waals surface area contributed by atoms with Crippen molar-refractivity contribution in [2.24, 2.45) is 0 Å². The predicted octanol–water partition coefficient (Wildman–Crippen LogP) is 4.66. The number of aromatic nitrogens is 3. The van der Waals surface area contributed by atoms with E-state index < -0.39 is 0 Å². The molecular weight excluding hydrogens is 359 g/mol. The van der Waals surface area contributed by atoms with Crippen LogP contribution in [0.5, 0.6) is 11.8 Å². The second-order valence-corrected chi connectivity index (χ2v) is 5.90. The van der Waals surface area contributed by atoms with E-state index in [-0.39, 0.29) is 17.7 Å². The molecule has 28 heavy (non-hydrogen) atoms. The number of nitrogens with one attached hydrogen (secondary N) is 2. The zero-order valence-corrected chi connectivity index (χ0v) is 14.6. The zero-order chi connectivity index (χ0) is 19.3. The molecule has 7 heteroatoms. The Hall–Kier alpha value is -4.00. The summed E-state index contributed by atoms with van der Waals surface area (Å²) < 4.78 is 18.7. The molecule has 6 nitrogen and oxygen atoms in total. The summed E-state index contributed by atoms with van der Waals surface area (Å²) in [6.45, 7) is 0. The first-order valence-electron chi connectivity index (χ1n) is 8.48. The molecule has 0 fully saturated rings. The molecule has 0 unspecified atom stereocenters. The number of H-pyrrole nitrogens is 1. The van der Waals surface area contributed by atoms with Crippen LogP contribution in [0.1, 0.15) is 10.4 Å². The van der Waals surface area contributed by atoms with Crippen molar-refractivity contribution in [3.63, 3.8) is 0 Å². The van der Waals surface area contributed by atoms with Crippen LogP contribution < -0.4 is 10.1 Å². The highest BCUT2D eigenvalue weighted by molar-refractivity contribution is 6.08. The highest BCUT2D eigenvalue weighted by atomic mass is 19.1. The van der Waals surface area contributed by atoms with Gasteiger partial charge in [-0.05, 0) is 48.0 Å². The van der Waals surface area contributed by atoms with Gasteiger partial charge in [-0.15, -0.1) is 0 Å². The minimum Gasteiger partial charge on any atom is -0.424 e. The molecule has 0 atom stereocenters. The average molecular weight is 374 g/mol. The summed E-state index contributed by atoms with van der Waals surface area (Å²) in [6.07, 6.45) is 6.50. The number of hydrogen-bond donors (Lipinski definition) is 2. The largest absolute Gasteiger partial charge is 0.424 e. The van der Waals surface area contributed by atoms with Crippen LogP contribution >= 0.6 is 0 Å². The Morgan fingerprint density at radius 3 is 2.39 bits per heavy atom. The predicted molar refractivity (Wildman–Crippen MR) is 103 cm³/mol. The minimum absolute atomic E-state index is 0.246. The Kier molecular flexibility index (Phi) is 4.79. The zero-order valence-electron chi connectivity index (χ0n) is 14.6. The second-order valence-electron chi connectivity index (χ2n) is 5.90. The van der Waals surface area contributed by atoms with E-state index in [1.807, 2.05) is 0 Å². The maximum absolute atomic E-state index is 13.1. The number of rotatable bonds is 5. The van der Waals surface area contributed by atoms with E-state index in [0.29, 0.717) is 22.6 Å². The number of hydrogen-bond acceptors (Lipinski definition) is 4. The average Bonchev–Trinajstić information content (AvgIpc) is 3.21. The number of benzene rings is 2. The Labute approximate surface area is 160 Å². The topological polar surface area (TPSA) is 79.9 Å². The fourth-order valence-corrected chi connectivity index (χ4v) is 2.67. The van der Waals surface area contributed by atoms with Gasteiger partial charge in [-0.1, -0.05) is 12.1 Å². The van der Waals surface area contributed by atoms with Crippen molar-refractivity contribution in [1.29, 1.82) is 0 Å². The van der Waals surface area contributed by atoms with Gasteiger partial charge in [0.1, 0.15) is 11.6 Å². The number of amides is 1. The maximum Gasteiger partial charge on any atom is 0.321 e. The smallest absolute Gasteiger partial charge is 0.321 e. The molecule has 0 radical (unpaired) electrons. The van der Waals surface area contributed by atoms with Gasteiger partial charge in [0.2, 0.25) is 0 Å². The van der Waals surface area contributed by atoms with Crippen molar-refractivity contribution >= 4 is 11.6 Å². The Balaban J connectivity index is 1.47. The summed E-state index contributed by atoms with van der Waals surface area (Å²) in [5, 5.41) is 2.84. The second kappa shape index (κ2) is 7.71. The number of ether oxygens (including phenoxy) is 1. The quantitative estimate of drug-likeness (QED) is 0.533. The summed E-state index contributed by atoms with van der Waals surface area (Å²) in [6, 6.07) is 14.8. The molecule has 2 aromatic heterocycles. The van der Waals surface area contributed by atoms with Crippen LogP contribution in [0.15, 0.2) is 79.4 Å². The summed E-state index contributed by atoms with van der Waals surface area (Å²) in [4.78, 5) is 23.6. The van der Waals surface area contributed by atoms with Crippen molar-refractivity contribution in [1.82, 2.24) is 15.0 Å². The number of nitrogens with zero attached hydrogens (tertiary/aromatic N) is 2. The number of halogens is 1. The third-order valence-corrected chi connectivity index (χ3v) is 4.01. The molecule has 0 aliphatic rings. The van der Waals surface area contributed by atoms with Gasteiger partial charge in [-0.25, -0.2) is 14.4 Å². The summed E-state index contributed by atoms with van der Waals surface area (Å²) >= 11 is 0. The van der Waals surface area contributed by atoms with Crippen molar-refractivity contribution in [2.45, 2.75) is 0 Å². The third kappa shape index (κ3) is 3.88. The molecule has 0 aliphatic heterocycles. The lowest BCUT2D eigenvalue weighted by Crippen LogP contribution is -2.12. The first-order valence-corrected chi connectivity index (χ1v) is 8.48. The Bertz CT molecular complexity index is 1080. The fourth-order valence-electron chi connectivity index (χ4n) is 2.67. The van der Waals surface area contributed by atoms with E-state index in [9.17, 15) is 9.18 Å². The normalized spacial score (nSPS) is 10.5. The summed E-state index contributed by atoms with van der Waals surface area (Å²) in [5.41, 5.74) is 2.51. The molecule has 0 bridgehead atoms. The van der Waals surface area contributed by atoms with E-state index in [4.69, 9.17) is 4.74 Å². The number of anilines is 1. The van der Waals surface area contributed by atoms with Gasteiger partial charge in [-0.3, -0.25) is 4.79 Å². The number of aromatic amines is 1. The SMILES string of the molecule is O=C(Nc1ccc(Oc2ncccn2)cc1)c1c[nH]cc1-c1ccc(F)cc1. The molecular formula is C21H15FN4O2. The van der Waals surface area contributed by atoms with E-state index in [0.717, 1.165) is 5.56 Å². The number of carbonyl (C=O) groups excluding carboxylic acids is 1. The Morgan fingerprint density at radius 2 is 1.68 bits per heavy atom. The molecule has 2 aromatic carbocycles. The standard InChI is InChI=1S/C21H15FN4O2/c22-15-4-2-14(3-5-15)18-12-23-13-19(18)20(27)26-16-6-8-17(9-7-16)28-21-24-10-1-11-25-21/h1-13,23H,(H,26,27). The van der Waals surface area contributed by atoms with Gasteiger partial charge in [0.15, 0.2) is 0 Å². The van der Waals surface area contributed by atoms with Gasteiger partial charge < -0.3 is 15.0 Å². The van der Waals surface area contributed by atoms with Crippen LogP contribution in [-0.4, -0.2) is 20.9 Å². The summed E-state index contributed by atoms with van der Waals surface area (Å²) in [7, 11) is 0. The van der Waals surface area contributed by atoms with Gasteiger partial charge in [0.05, 0.1) is 5.56 Å². The molecule has 0 spiro atoms. The van der Waals surface area contributed by atoms with Crippen molar-refractivity contribution in [3.8, 4) is 22.9 Å². The highest BCUT2D eigenvalue weighted by Gasteiger charge is 2.14. The van der Waals surface area contributed by atoms with Crippen LogP contribution in [0.3, 0.4) is 0 Å². The van der Waals surface area contributed by atoms with E-state index in [2.05, 4.69) is 20.3 Å². The van der Waals surface area contributed by atoms with Crippen molar-refractivity contribution in [2.75, 3.05) is 5.32 Å². The van der Waals surface area contributed by atoms with Crippen LogP contribution in [-0.2, 0) is 0 Å². The maximum atomic E-state index is 13.1. The molecule has 4 rings (SSSR count). The minimum atomic E-state index is -0.325. The lowest BCUT2D eigenvalue weighted by Gasteiger charge is -2.08. The van der Waals surface area contributed by atoms with Gasteiger partial charge in [0.25, 0.3) is 5.91 Å². The van der Waals surface area contributed by atoms with Crippen LogP contribution in [0.4, 0.5) is 10.1 Å². The fraction of sp³-hybridized carbons (Fsp3) is 0. The van der Waals surface area contributed by atoms with Gasteiger partial charge >= 0.3 is 6.01 Å². The van der Waals surface area contributed by atoms with E-state index >= 15 is 0 Å². The van der Waals surface area contributed by atoms with Crippen LogP contribution in [0.2, 0.25) is 0 Å². The lowest BCUT2D eigenvalue weighted by molar-refractivity contribution is 0.102. The van der Waals surface area contributed by atoms with Crippen molar-refractivity contribution < 1.29 is 13.9 Å². The van der Waals surface area contributed by atoms with E-state index in [1.165, 1.54) is 12.1 Å². The summed E-state index contributed by atoms with van der Waals surface area (Å²) in [5.74, 6) is -0.0491. The number of carbonyl (C=O) groups is 1. The van der Waals surface area contributed by atoms with Crippen LogP contribution in [0.25, 0.3) is 11.1 Å². The molecule has 1 amide bonds. The monoisotopic (exact) mass is 374 g/mol. The molecule has 4 aromatic rings. The Morgan fingerprint density at radius 1 is 0.964 bits per heavy atom. The van der Waals surface area contributed by atoms with Crippen LogP contribution in [0, 0.1) is 5.82 Å². The molecule has 0 aliphatic carbocycles.